The van der Waals surface area contributed by atoms with Crippen molar-refractivity contribution in [1.29, 1.82) is 0 Å². The molecule has 3 heterocycles. The van der Waals surface area contributed by atoms with Gasteiger partial charge < -0.3 is 4.98 Å². The van der Waals surface area contributed by atoms with E-state index in [4.69, 9.17) is 0 Å². The molecule has 0 fully saturated rings. The highest BCUT2D eigenvalue weighted by Crippen LogP contribution is 2.29. The van der Waals surface area contributed by atoms with Crippen LogP contribution in [0, 0.1) is 0 Å². The summed E-state index contributed by atoms with van der Waals surface area (Å²) in [7, 11) is 0. The monoisotopic (exact) mass is 251 g/mol. The Morgan fingerprint density at radius 3 is 3.00 bits per heavy atom. The summed E-state index contributed by atoms with van der Waals surface area (Å²) in [5.74, 6) is 0. The number of pyridine rings is 1. The van der Waals surface area contributed by atoms with E-state index in [1.807, 2.05) is 6.20 Å². The van der Waals surface area contributed by atoms with Crippen molar-refractivity contribution >= 4 is 33.3 Å². The molecule has 0 saturated carbocycles. The Balaban J connectivity index is 2.08. The number of nitrogens with one attached hydrogen (secondary N) is 1. The van der Waals surface area contributed by atoms with Crippen LogP contribution in [-0.4, -0.2) is 15.0 Å². The van der Waals surface area contributed by atoms with E-state index in [-0.39, 0.29) is 0 Å². The topological polar surface area (TPSA) is 41.6 Å². The van der Waals surface area contributed by atoms with Crippen molar-refractivity contribution in [3.63, 3.8) is 0 Å². The first-order valence-corrected chi connectivity index (χ1v) is 6.55. The van der Waals surface area contributed by atoms with Gasteiger partial charge in [0.2, 0.25) is 0 Å². The lowest BCUT2D eigenvalue weighted by Gasteiger charge is -2.01. The molecule has 3 aromatic heterocycles. The minimum atomic E-state index is 0.978. The summed E-state index contributed by atoms with van der Waals surface area (Å²) >= 11 is 1.74. The van der Waals surface area contributed by atoms with E-state index < -0.39 is 0 Å². The number of thiophene rings is 1. The third kappa shape index (κ3) is 1.36. The highest BCUT2D eigenvalue weighted by Gasteiger charge is 2.06. The summed E-state index contributed by atoms with van der Waals surface area (Å²) in [6.07, 6.45) is 3.54. The van der Waals surface area contributed by atoms with Crippen LogP contribution < -0.4 is 0 Å². The predicted octanol–water partition coefficient (Wildman–Crippen LogP) is 3.84. The van der Waals surface area contributed by atoms with Crippen molar-refractivity contribution in [1.82, 2.24) is 15.0 Å². The van der Waals surface area contributed by atoms with Crippen LogP contribution in [0.5, 0.6) is 0 Å². The summed E-state index contributed by atoms with van der Waals surface area (Å²) in [6.45, 7) is 0. The fraction of sp³-hybridized carbons (Fsp3) is 0. The standard InChI is InChI=1S/C14H9N3S/c1-2-13(18-5-1)9-3-4-11-10(6-9)14-12(7-15-11)16-8-17-14/h1-8H,(H,16,17). The Bertz CT molecular complexity index is 831. The van der Waals surface area contributed by atoms with Crippen LogP contribution in [0.3, 0.4) is 0 Å². The molecule has 0 amide bonds. The number of imidazole rings is 1. The number of nitrogens with zero attached hydrogens (tertiary/aromatic N) is 2. The first-order valence-electron chi connectivity index (χ1n) is 5.67. The molecule has 4 heteroatoms. The lowest BCUT2D eigenvalue weighted by atomic mass is 10.1. The molecular formula is C14H9N3S. The Labute approximate surface area is 107 Å². The van der Waals surface area contributed by atoms with Gasteiger partial charge in [0, 0.05) is 10.3 Å². The molecule has 0 aliphatic rings. The molecule has 1 N–H and O–H groups in total. The number of hydrogen-bond acceptors (Lipinski definition) is 3. The molecule has 4 rings (SSSR count). The van der Waals surface area contributed by atoms with E-state index in [1.54, 1.807) is 17.7 Å². The largest absolute Gasteiger partial charge is 0.343 e. The van der Waals surface area contributed by atoms with Crippen LogP contribution >= 0.6 is 11.3 Å². The quantitative estimate of drug-likeness (QED) is 0.558. The maximum Gasteiger partial charge on any atom is 0.0992 e. The van der Waals surface area contributed by atoms with Crippen LogP contribution in [-0.2, 0) is 0 Å². The summed E-state index contributed by atoms with van der Waals surface area (Å²) < 4.78 is 0. The third-order valence-corrected chi connectivity index (χ3v) is 3.98. The van der Waals surface area contributed by atoms with Gasteiger partial charge in [0.25, 0.3) is 0 Å². The van der Waals surface area contributed by atoms with Crippen LogP contribution in [0.25, 0.3) is 32.4 Å². The van der Waals surface area contributed by atoms with Gasteiger partial charge in [0.05, 0.1) is 29.1 Å². The van der Waals surface area contributed by atoms with Crippen molar-refractivity contribution in [3.05, 3.63) is 48.2 Å². The zero-order valence-electron chi connectivity index (χ0n) is 9.42. The number of rotatable bonds is 1. The van der Waals surface area contributed by atoms with E-state index in [1.165, 1.54) is 10.4 Å². The molecule has 0 bridgehead atoms. The van der Waals surface area contributed by atoms with Gasteiger partial charge in [-0.25, -0.2) is 4.98 Å². The smallest absolute Gasteiger partial charge is 0.0992 e. The molecule has 86 valence electrons. The molecule has 3 nitrogen and oxygen atoms in total. The molecule has 0 saturated heterocycles. The zero-order valence-corrected chi connectivity index (χ0v) is 10.2. The fourth-order valence-corrected chi connectivity index (χ4v) is 2.91. The van der Waals surface area contributed by atoms with Crippen molar-refractivity contribution in [3.8, 4) is 10.4 Å². The van der Waals surface area contributed by atoms with Crippen molar-refractivity contribution in [2.45, 2.75) is 0 Å². The normalized spacial score (nSPS) is 11.3. The SMILES string of the molecule is c1csc(-c2ccc3ncc4[nH]cnc4c3c2)c1. The number of aromatic nitrogens is 3. The number of fused-ring (bicyclic) bond motifs is 3. The van der Waals surface area contributed by atoms with Crippen LogP contribution in [0.15, 0.2) is 48.2 Å². The van der Waals surface area contributed by atoms with E-state index in [2.05, 4.69) is 50.7 Å². The van der Waals surface area contributed by atoms with E-state index in [0.29, 0.717) is 0 Å². The number of H-pyrrole nitrogens is 1. The van der Waals surface area contributed by atoms with Crippen molar-refractivity contribution < 1.29 is 0 Å². The first kappa shape index (κ1) is 9.79. The Kier molecular flexibility index (Phi) is 1.98. The maximum absolute atomic E-state index is 4.44. The van der Waals surface area contributed by atoms with Gasteiger partial charge in [-0.3, -0.25) is 4.98 Å². The predicted molar refractivity (Wildman–Crippen MR) is 74.7 cm³/mol. The summed E-state index contributed by atoms with van der Waals surface area (Å²) in [5, 5.41) is 3.19. The third-order valence-electron chi connectivity index (χ3n) is 3.06. The highest BCUT2D eigenvalue weighted by atomic mass is 32.1. The molecule has 0 unspecified atom stereocenters. The molecule has 1 aromatic carbocycles. The maximum atomic E-state index is 4.44. The molecule has 0 atom stereocenters. The van der Waals surface area contributed by atoms with Gasteiger partial charge in [0.15, 0.2) is 0 Å². The Morgan fingerprint density at radius 1 is 1.11 bits per heavy atom. The Hall–Kier alpha value is -2.20. The lowest BCUT2D eigenvalue weighted by Crippen LogP contribution is -1.82. The minimum Gasteiger partial charge on any atom is -0.343 e. The van der Waals surface area contributed by atoms with Crippen LogP contribution in [0.1, 0.15) is 0 Å². The number of aromatic amines is 1. The fourth-order valence-electron chi connectivity index (χ4n) is 2.19. The minimum absolute atomic E-state index is 0.978. The van der Waals surface area contributed by atoms with Crippen molar-refractivity contribution in [2.75, 3.05) is 0 Å². The molecule has 18 heavy (non-hydrogen) atoms. The second-order valence-electron chi connectivity index (χ2n) is 4.13. The molecule has 0 aliphatic carbocycles. The van der Waals surface area contributed by atoms with Gasteiger partial charge in [-0.2, -0.15) is 0 Å². The number of hydrogen-bond donors (Lipinski definition) is 1. The molecular weight excluding hydrogens is 242 g/mol. The van der Waals surface area contributed by atoms with Gasteiger partial charge in [0.1, 0.15) is 0 Å². The highest BCUT2D eigenvalue weighted by molar-refractivity contribution is 7.13. The second-order valence-corrected chi connectivity index (χ2v) is 5.08. The average molecular weight is 251 g/mol. The van der Waals surface area contributed by atoms with Crippen LogP contribution in [0.4, 0.5) is 0 Å². The summed E-state index contributed by atoms with van der Waals surface area (Å²) in [5.41, 5.74) is 4.16. The van der Waals surface area contributed by atoms with E-state index in [9.17, 15) is 0 Å². The first-order chi connectivity index (χ1) is 8.92. The summed E-state index contributed by atoms with van der Waals surface area (Å²) in [4.78, 5) is 13.2. The molecule has 4 aromatic rings. The van der Waals surface area contributed by atoms with E-state index in [0.717, 1.165) is 21.9 Å². The van der Waals surface area contributed by atoms with Crippen LogP contribution in [0.2, 0.25) is 0 Å². The van der Waals surface area contributed by atoms with Gasteiger partial charge in [-0.15, -0.1) is 11.3 Å². The Morgan fingerprint density at radius 2 is 2.11 bits per heavy atom. The lowest BCUT2D eigenvalue weighted by molar-refractivity contribution is 1.34. The second kappa shape index (κ2) is 3.65. The van der Waals surface area contributed by atoms with Gasteiger partial charge in [-0.1, -0.05) is 12.1 Å². The van der Waals surface area contributed by atoms with Crippen molar-refractivity contribution in [2.24, 2.45) is 0 Å². The van der Waals surface area contributed by atoms with Gasteiger partial charge >= 0.3 is 0 Å². The zero-order chi connectivity index (χ0) is 11.9. The van der Waals surface area contributed by atoms with E-state index >= 15 is 0 Å². The molecule has 0 spiro atoms. The summed E-state index contributed by atoms with van der Waals surface area (Å²) in [6, 6.07) is 10.5. The molecule has 0 radical (unpaired) electrons. The number of benzene rings is 1. The average Bonchev–Trinajstić information content (AvgIpc) is 3.09. The molecule has 0 aliphatic heterocycles. The van der Waals surface area contributed by atoms with Gasteiger partial charge in [-0.05, 0) is 29.1 Å².